The van der Waals surface area contributed by atoms with Gasteiger partial charge in [-0.15, -0.1) is 0 Å². The van der Waals surface area contributed by atoms with Crippen LogP contribution in [-0.4, -0.2) is 71.9 Å². The van der Waals surface area contributed by atoms with E-state index in [9.17, 15) is 14.4 Å². The van der Waals surface area contributed by atoms with Crippen LogP contribution in [0.2, 0.25) is 0 Å². The molecule has 134 valence electrons. The van der Waals surface area contributed by atoms with Crippen molar-refractivity contribution in [3.05, 3.63) is 29.6 Å². The van der Waals surface area contributed by atoms with Crippen molar-refractivity contribution in [3.8, 4) is 0 Å². The molecule has 0 spiro atoms. The molecule has 0 bridgehead atoms. The summed E-state index contributed by atoms with van der Waals surface area (Å²) < 4.78 is 5.22. The first-order valence-electron chi connectivity index (χ1n) is 8.39. The van der Waals surface area contributed by atoms with Crippen molar-refractivity contribution >= 4 is 17.7 Å². The van der Waals surface area contributed by atoms with Crippen LogP contribution in [0.25, 0.3) is 0 Å². The number of ether oxygens (including phenoxy) is 1. The van der Waals surface area contributed by atoms with Crippen LogP contribution in [0, 0.1) is 0 Å². The Morgan fingerprint density at radius 1 is 1.28 bits per heavy atom. The minimum absolute atomic E-state index is 0.0580. The number of nitrogens with one attached hydrogen (secondary N) is 1. The highest BCUT2D eigenvalue weighted by Crippen LogP contribution is 2.26. The lowest BCUT2D eigenvalue weighted by Crippen LogP contribution is -2.48. The fourth-order valence-electron chi connectivity index (χ4n) is 3.13. The van der Waals surface area contributed by atoms with Crippen molar-refractivity contribution in [2.75, 3.05) is 39.4 Å². The van der Waals surface area contributed by atoms with Crippen LogP contribution in [0.3, 0.4) is 0 Å². The monoisotopic (exact) mass is 346 g/mol. The fraction of sp³-hybridized carbons (Fsp3) is 0.529. The number of amides is 3. The predicted octanol–water partition coefficient (Wildman–Crippen LogP) is -0.498. The SMILES string of the molecule is CC(=O)N1Cc2cccnc2C(C(=O)NCC(=O)N2CCOCC2)C1. The maximum Gasteiger partial charge on any atom is 0.242 e. The molecule has 2 aliphatic rings. The molecule has 1 fully saturated rings. The number of carbonyl (C=O) groups is 3. The molecule has 8 heteroatoms. The fourth-order valence-corrected chi connectivity index (χ4v) is 3.13. The number of aromatic nitrogens is 1. The van der Waals surface area contributed by atoms with Gasteiger partial charge in [-0.05, 0) is 11.6 Å². The molecule has 0 radical (unpaired) electrons. The highest BCUT2D eigenvalue weighted by atomic mass is 16.5. The number of hydrogen-bond donors (Lipinski definition) is 1. The largest absolute Gasteiger partial charge is 0.378 e. The van der Waals surface area contributed by atoms with Crippen LogP contribution >= 0.6 is 0 Å². The molecule has 3 amide bonds. The molecule has 3 rings (SSSR count). The van der Waals surface area contributed by atoms with Crippen LogP contribution in [0.1, 0.15) is 24.1 Å². The van der Waals surface area contributed by atoms with Gasteiger partial charge in [0.05, 0.1) is 31.4 Å². The van der Waals surface area contributed by atoms with Gasteiger partial charge >= 0.3 is 0 Å². The quantitative estimate of drug-likeness (QED) is 0.797. The van der Waals surface area contributed by atoms with E-state index in [0.717, 1.165) is 5.56 Å². The second-order valence-electron chi connectivity index (χ2n) is 6.21. The first-order chi connectivity index (χ1) is 12.1. The van der Waals surface area contributed by atoms with E-state index < -0.39 is 5.92 Å². The molecule has 0 saturated carbocycles. The summed E-state index contributed by atoms with van der Waals surface area (Å²) >= 11 is 0. The maximum absolute atomic E-state index is 12.6. The molecule has 1 unspecified atom stereocenters. The van der Waals surface area contributed by atoms with Gasteiger partial charge in [0.1, 0.15) is 0 Å². The van der Waals surface area contributed by atoms with Gasteiger partial charge < -0.3 is 19.9 Å². The van der Waals surface area contributed by atoms with Crippen molar-refractivity contribution in [3.63, 3.8) is 0 Å². The molecular formula is C17H22N4O4. The molecule has 1 N–H and O–H groups in total. The van der Waals surface area contributed by atoms with Crippen LogP contribution < -0.4 is 5.32 Å². The van der Waals surface area contributed by atoms with Crippen LogP contribution in [0.4, 0.5) is 0 Å². The highest BCUT2D eigenvalue weighted by molar-refractivity contribution is 5.89. The zero-order valence-corrected chi connectivity index (χ0v) is 14.2. The summed E-state index contributed by atoms with van der Waals surface area (Å²) in [6.07, 6.45) is 1.64. The Hall–Kier alpha value is -2.48. The summed E-state index contributed by atoms with van der Waals surface area (Å²) in [7, 11) is 0. The van der Waals surface area contributed by atoms with E-state index in [0.29, 0.717) is 38.5 Å². The Bertz CT molecular complexity index is 672. The molecule has 8 nitrogen and oxygen atoms in total. The summed E-state index contributed by atoms with van der Waals surface area (Å²) in [6, 6.07) is 3.66. The number of hydrogen-bond acceptors (Lipinski definition) is 5. The van der Waals surface area contributed by atoms with E-state index >= 15 is 0 Å². The highest BCUT2D eigenvalue weighted by Gasteiger charge is 2.33. The number of nitrogens with zero attached hydrogens (tertiary/aromatic N) is 3. The molecule has 1 aromatic rings. The Labute approximate surface area is 146 Å². The average Bonchev–Trinajstić information content (AvgIpc) is 2.65. The molecule has 1 saturated heterocycles. The molecule has 2 aliphatic heterocycles. The third-order valence-electron chi connectivity index (χ3n) is 4.56. The normalized spacial score (nSPS) is 20.0. The van der Waals surface area contributed by atoms with Crippen molar-refractivity contribution in [2.45, 2.75) is 19.4 Å². The maximum atomic E-state index is 12.6. The molecule has 3 heterocycles. The third-order valence-corrected chi connectivity index (χ3v) is 4.56. The zero-order chi connectivity index (χ0) is 17.8. The van der Waals surface area contributed by atoms with Gasteiger partial charge in [-0.2, -0.15) is 0 Å². The summed E-state index contributed by atoms with van der Waals surface area (Å²) in [4.78, 5) is 44.2. The third kappa shape index (κ3) is 3.96. The van der Waals surface area contributed by atoms with Gasteiger partial charge in [-0.1, -0.05) is 6.07 Å². The van der Waals surface area contributed by atoms with Crippen molar-refractivity contribution in [2.24, 2.45) is 0 Å². The van der Waals surface area contributed by atoms with E-state index in [-0.39, 0.29) is 30.8 Å². The lowest BCUT2D eigenvalue weighted by atomic mass is 9.94. The van der Waals surface area contributed by atoms with Crippen LogP contribution in [-0.2, 0) is 25.7 Å². The lowest BCUT2D eigenvalue weighted by molar-refractivity contribution is -0.137. The minimum atomic E-state index is -0.564. The molecule has 25 heavy (non-hydrogen) atoms. The average molecular weight is 346 g/mol. The topological polar surface area (TPSA) is 91.8 Å². The Kier molecular flexibility index (Phi) is 5.28. The van der Waals surface area contributed by atoms with Gasteiger partial charge in [0, 0.05) is 39.3 Å². The predicted molar refractivity (Wildman–Crippen MR) is 88.5 cm³/mol. The van der Waals surface area contributed by atoms with Gasteiger partial charge in [0.25, 0.3) is 0 Å². The van der Waals surface area contributed by atoms with Crippen LogP contribution in [0.15, 0.2) is 18.3 Å². The number of pyridine rings is 1. The number of fused-ring (bicyclic) bond motifs is 1. The van der Waals surface area contributed by atoms with E-state index in [4.69, 9.17) is 4.74 Å². The lowest BCUT2D eigenvalue weighted by Gasteiger charge is -2.32. The van der Waals surface area contributed by atoms with Crippen molar-refractivity contribution in [1.29, 1.82) is 0 Å². The Morgan fingerprint density at radius 2 is 2.04 bits per heavy atom. The van der Waals surface area contributed by atoms with Crippen LogP contribution in [0.5, 0.6) is 0 Å². The van der Waals surface area contributed by atoms with E-state index in [1.807, 2.05) is 6.07 Å². The van der Waals surface area contributed by atoms with Gasteiger partial charge in [-0.3, -0.25) is 19.4 Å². The van der Waals surface area contributed by atoms with Gasteiger partial charge in [-0.25, -0.2) is 0 Å². The van der Waals surface area contributed by atoms with E-state index in [1.165, 1.54) is 6.92 Å². The number of rotatable bonds is 3. The molecule has 1 atom stereocenters. The second kappa shape index (κ2) is 7.60. The number of carbonyl (C=O) groups excluding carboxylic acids is 3. The summed E-state index contributed by atoms with van der Waals surface area (Å²) in [6.45, 7) is 4.28. The van der Waals surface area contributed by atoms with Gasteiger partial charge in [0.15, 0.2) is 0 Å². The molecule has 0 aliphatic carbocycles. The molecule has 0 aromatic carbocycles. The van der Waals surface area contributed by atoms with Crippen molar-refractivity contribution in [1.82, 2.24) is 20.1 Å². The minimum Gasteiger partial charge on any atom is -0.378 e. The number of morpholine rings is 1. The Morgan fingerprint density at radius 3 is 2.76 bits per heavy atom. The molecule has 1 aromatic heterocycles. The van der Waals surface area contributed by atoms with E-state index in [1.54, 1.807) is 22.1 Å². The zero-order valence-electron chi connectivity index (χ0n) is 14.2. The first kappa shape index (κ1) is 17.3. The summed E-state index contributed by atoms with van der Waals surface area (Å²) in [5.41, 5.74) is 1.54. The van der Waals surface area contributed by atoms with Crippen molar-refractivity contribution < 1.29 is 19.1 Å². The Balaban J connectivity index is 1.66. The molecular weight excluding hydrogens is 324 g/mol. The first-order valence-corrected chi connectivity index (χ1v) is 8.39. The smallest absolute Gasteiger partial charge is 0.242 e. The summed E-state index contributed by atoms with van der Waals surface area (Å²) in [5, 5.41) is 2.70. The van der Waals surface area contributed by atoms with Gasteiger partial charge in [0.2, 0.25) is 17.7 Å². The standard InChI is InChI=1S/C17H22N4O4/c1-12(22)21-10-13-3-2-4-18-16(13)14(11-21)17(24)19-9-15(23)20-5-7-25-8-6-20/h2-4,14H,5-11H2,1H3,(H,19,24). The van der Waals surface area contributed by atoms with E-state index in [2.05, 4.69) is 10.3 Å². The second-order valence-corrected chi connectivity index (χ2v) is 6.21. The summed E-state index contributed by atoms with van der Waals surface area (Å²) in [5.74, 6) is -1.06.